The molecular weight excluding hydrogens is 651 g/mol. The number of hydrogen-bond acceptors (Lipinski definition) is 6. The highest BCUT2D eigenvalue weighted by molar-refractivity contribution is 7.87. The van der Waals surface area contributed by atoms with Gasteiger partial charge in [0.25, 0.3) is 5.91 Å². The summed E-state index contributed by atoms with van der Waals surface area (Å²) in [5.41, 5.74) is 6.19. The Morgan fingerprint density at radius 1 is 1.00 bits per heavy atom. The van der Waals surface area contributed by atoms with E-state index in [0.717, 1.165) is 82.0 Å². The fourth-order valence-corrected chi connectivity index (χ4v) is 9.43. The fourth-order valence-electron chi connectivity index (χ4n) is 8.90. The largest absolute Gasteiger partial charge is 0.497 e. The molecule has 2 aliphatic heterocycles. The number of fused-ring (bicyclic) bond motifs is 7. The summed E-state index contributed by atoms with van der Waals surface area (Å²) in [6.07, 6.45) is 6.41. The molecule has 1 saturated heterocycles. The second kappa shape index (κ2) is 12.5. The highest BCUT2D eigenvalue weighted by Crippen LogP contribution is 2.66. The van der Waals surface area contributed by atoms with E-state index in [-0.39, 0.29) is 23.4 Å². The SMILES string of the molecule is COc1ccc2c(c1)C1CC1(C(=O)N1CCNCC1c1ccccc1)Cn1c-2c(C2CCCCC2)c2ccc(C(=O)NS(=O)(=O)N(C)C)cc21. The van der Waals surface area contributed by atoms with E-state index in [2.05, 4.69) is 43.8 Å². The zero-order valence-electron chi connectivity index (χ0n) is 28.9. The van der Waals surface area contributed by atoms with E-state index in [1.165, 1.54) is 26.1 Å². The molecule has 262 valence electrons. The van der Waals surface area contributed by atoms with Crippen LogP contribution in [0, 0.1) is 5.41 Å². The standard InChI is InChI=1S/C39H45N5O5S/c1-42(2)50(47,48)41-37(45)27-14-16-30-33(20-27)44-24-39(38(46)43-19-18-40-23-34(43)25-10-6-4-7-11-25)22-32(39)31-21-28(49-3)15-17-29(31)36(44)35(30)26-12-8-5-9-13-26/h4,6-7,10-11,14-17,20-21,26,32,34,40H,5,8-9,12-13,18-19,22-24H2,1-3H3,(H,41,45). The number of benzene rings is 3. The first-order valence-corrected chi connectivity index (χ1v) is 19.2. The van der Waals surface area contributed by atoms with Crippen molar-refractivity contribution in [3.8, 4) is 17.0 Å². The van der Waals surface area contributed by atoms with Gasteiger partial charge in [-0.1, -0.05) is 55.7 Å². The minimum Gasteiger partial charge on any atom is -0.497 e. The molecule has 3 aromatic carbocycles. The minimum absolute atomic E-state index is 0.0114. The maximum absolute atomic E-state index is 15.2. The number of carbonyl (C=O) groups is 2. The summed E-state index contributed by atoms with van der Waals surface area (Å²) in [5, 5.41) is 4.57. The van der Waals surface area contributed by atoms with Gasteiger partial charge in [-0.15, -0.1) is 0 Å². The Labute approximate surface area is 294 Å². The first-order valence-electron chi connectivity index (χ1n) is 17.8. The number of hydrogen-bond donors (Lipinski definition) is 2. The van der Waals surface area contributed by atoms with Crippen molar-refractivity contribution in [2.45, 2.75) is 62.9 Å². The molecule has 3 atom stereocenters. The molecule has 10 nitrogen and oxygen atoms in total. The van der Waals surface area contributed by atoms with Crippen LogP contribution in [-0.4, -0.2) is 74.8 Å². The topological polar surface area (TPSA) is 113 Å². The minimum atomic E-state index is -3.98. The van der Waals surface area contributed by atoms with Crippen LogP contribution in [0.5, 0.6) is 5.75 Å². The quantitative estimate of drug-likeness (QED) is 0.262. The zero-order valence-corrected chi connectivity index (χ0v) is 29.8. The molecule has 4 aliphatic rings. The Morgan fingerprint density at radius 2 is 1.78 bits per heavy atom. The van der Waals surface area contributed by atoms with Crippen LogP contribution in [0.4, 0.5) is 0 Å². The van der Waals surface area contributed by atoms with Gasteiger partial charge in [0.1, 0.15) is 5.75 Å². The molecule has 3 unspecified atom stereocenters. The average molecular weight is 696 g/mol. The molecule has 2 amide bonds. The summed E-state index contributed by atoms with van der Waals surface area (Å²) in [5.74, 6) is 0.591. The van der Waals surface area contributed by atoms with Crippen molar-refractivity contribution in [3.63, 3.8) is 0 Å². The molecule has 11 heteroatoms. The molecule has 0 bridgehead atoms. The fraction of sp³-hybridized carbons (Fsp3) is 0.436. The second-order valence-corrected chi connectivity index (χ2v) is 16.5. The number of rotatable bonds is 7. The van der Waals surface area contributed by atoms with Gasteiger partial charge in [-0.25, -0.2) is 4.72 Å². The van der Waals surface area contributed by atoms with Crippen molar-refractivity contribution in [2.24, 2.45) is 5.41 Å². The van der Waals surface area contributed by atoms with Crippen molar-refractivity contribution in [2.75, 3.05) is 40.8 Å². The number of piperazine rings is 1. The van der Waals surface area contributed by atoms with Crippen LogP contribution in [-0.2, 0) is 21.5 Å². The van der Waals surface area contributed by atoms with Crippen LogP contribution in [0.25, 0.3) is 22.2 Å². The van der Waals surface area contributed by atoms with Gasteiger partial charge in [-0.2, -0.15) is 12.7 Å². The number of methoxy groups -OCH3 is 1. The van der Waals surface area contributed by atoms with E-state index >= 15 is 4.79 Å². The number of amides is 2. The van der Waals surface area contributed by atoms with Gasteiger partial charge >= 0.3 is 10.2 Å². The van der Waals surface area contributed by atoms with Gasteiger partial charge in [0.15, 0.2) is 0 Å². The monoisotopic (exact) mass is 695 g/mol. The number of nitrogens with one attached hydrogen (secondary N) is 2. The summed E-state index contributed by atoms with van der Waals surface area (Å²) < 4.78 is 36.5. The van der Waals surface area contributed by atoms with Crippen LogP contribution in [0.1, 0.15) is 83.5 Å². The molecule has 0 radical (unpaired) electrons. The second-order valence-electron chi connectivity index (χ2n) is 14.6. The van der Waals surface area contributed by atoms with Gasteiger partial charge in [0, 0.05) is 68.2 Å². The van der Waals surface area contributed by atoms with Crippen molar-refractivity contribution in [1.29, 1.82) is 0 Å². The van der Waals surface area contributed by atoms with Gasteiger partial charge in [-0.05, 0) is 72.2 Å². The molecule has 8 rings (SSSR count). The smallest absolute Gasteiger partial charge is 0.303 e. The van der Waals surface area contributed by atoms with Crippen LogP contribution in [0.2, 0.25) is 0 Å². The van der Waals surface area contributed by atoms with E-state index in [0.29, 0.717) is 25.6 Å². The van der Waals surface area contributed by atoms with Gasteiger partial charge < -0.3 is 19.5 Å². The molecule has 2 aliphatic carbocycles. The van der Waals surface area contributed by atoms with E-state index in [4.69, 9.17) is 4.74 Å². The highest BCUT2D eigenvalue weighted by Gasteiger charge is 2.64. The predicted octanol–water partition coefficient (Wildman–Crippen LogP) is 5.56. The third-order valence-electron chi connectivity index (χ3n) is 11.6. The van der Waals surface area contributed by atoms with Gasteiger partial charge in [0.2, 0.25) is 5.91 Å². The Balaban J connectivity index is 1.31. The summed E-state index contributed by atoms with van der Waals surface area (Å²) >= 11 is 0. The van der Waals surface area contributed by atoms with E-state index in [1.54, 1.807) is 13.2 Å². The lowest BCUT2D eigenvalue weighted by Crippen LogP contribution is -2.51. The maximum Gasteiger partial charge on any atom is 0.303 e. The number of ether oxygens (including phenoxy) is 1. The zero-order chi connectivity index (χ0) is 34.8. The lowest BCUT2D eigenvalue weighted by atomic mass is 9.81. The Bertz CT molecular complexity index is 2090. The molecule has 3 heterocycles. The molecule has 1 aromatic heterocycles. The van der Waals surface area contributed by atoms with Crippen molar-refractivity contribution >= 4 is 32.9 Å². The van der Waals surface area contributed by atoms with E-state index < -0.39 is 21.5 Å². The van der Waals surface area contributed by atoms with E-state index in [9.17, 15) is 13.2 Å². The summed E-state index contributed by atoms with van der Waals surface area (Å²) in [6.45, 7) is 2.52. The van der Waals surface area contributed by atoms with Gasteiger partial charge in [-0.3, -0.25) is 9.59 Å². The van der Waals surface area contributed by atoms with Crippen LogP contribution in [0.15, 0.2) is 66.7 Å². The molecule has 4 aromatic rings. The molecule has 3 fully saturated rings. The summed E-state index contributed by atoms with van der Waals surface area (Å²) in [7, 11) is 0.472. The number of carbonyl (C=O) groups excluding carboxylic acids is 2. The third kappa shape index (κ3) is 5.41. The summed E-state index contributed by atoms with van der Waals surface area (Å²) in [6, 6.07) is 22.0. The molecular formula is C39H45N5O5S. The Kier molecular flexibility index (Phi) is 8.27. The lowest BCUT2D eigenvalue weighted by Gasteiger charge is -2.39. The maximum atomic E-state index is 15.2. The average Bonchev–Trinajstić information content (AvgIpc) is 3.81. The number of aromatic nitrogens is 1. The van der Waals surface area contributed by atoms with Crippen LogP contribution < -0.4 is 14.8 Å². The normalized spacial score (nSPS) is 23.5. The molecule has 50 heavy (non-hydrogen) atoms. The van der Waals surface area contributed by atoms with Crippen molar-refractivity contribution in [3.05, 3.63) is 89.0 Å². The van der Waals surface area contributed by atoms with Crippen LogP contribution >= 0.6 is 0 Å². The van der Waals surface area contributed by atoms with Crippen LogP contribution in [0.3, 0.4) is 0 Å². The summed E-state index contributed by atoms with van der Waals surface area (Å²) in [4.78, 5) is 30.7. The lowest BCUT2D eigenvalue weighted by molar-refractivity contribution is -0.141. The third-order valence-corrected chi connectivity index (χ3v) is 13.0. The first kappa shape index (κ1) is 33.0. The van der Waals surface area contributed by atoms with Crippen molar-refractivity contribution < 1.29 is 22.7 Å². The molecule has 0 spiro atoms. The highest BCUT2D eigenvalue weighted by atomic mass is 32.2. The Morgan fingerprint density at radius 3 is 2.52 bits per heavy atom. The Hall–Kier alpha value is -4.19. The van der Waals surface area contributed by atoms with Gasteiger partial charge in [0.05, 0.1) is 24.3 Å². The number of nitrogens with zero attached hydrogens (tertiary/aromatic N) is 3. The van der Waals surface area contributed by atoms with E-state index in [1.807, 2.05) is 36.4 Å². The molecule has 2 N–H and O–H groups in total. The first-order chi connectivity index (χ1) is 24.1. The van der Waals surface area contributed by atoms with Crippen molar-refractivity contribution in [1.82, 2.24) is 23.8 Å². The predicted molar refractivity (Wildman–Crippen MR) is 193 cm³/mol. The molecule has 2 saturated carbocycles.